The topological polar surface area (TPSA) is 49.6 Å². The maximum absolute atomic E-state index is 12.4. The van der Waals surface area contributed by atoms with Crippen LogP contribution in [0.4, 0.5) is 0 Å². The molecule has 1 aliphatic rings. The highest BCUT2D eigenvalue weighted by molar-refractivity contribution is 5.98. The Hall–Kier alpha value is -1.91. The predicted molar refractivity (Wildman–Crippen MR) is 75.6 cm³/mol. The molecule has 98 valence electrons. The van der Waals surface area contributed by atoms with E-state index in [0.717, 1.165) is 29.4 Å². The Morgan fingerprint density at radius 2 is 1.63 bits per heavy atom. The molecule has 0 bridgehead atoms. The molecule has 0 radical (unpaired) electrons. The fourth-order valence-corrected chi connectivity index (χ4v) is 2.43. The molecule has 0 spiro atoms. The Morgan fingerprint density at radius 3 is 2.37 bits per heavy atom. The van der Waals surface area contributed by atoms with Crippen LogP contribution in [0.2, 0.25) is 0 Å². The van der Waals surface area contributed by atoms with E-state index in [0.29, 0.717) is 13.1 Å². The van der Waals surface area contributed by atoms with E-state index < -0.39 is 0 Å². The van der Waals surface area contributed by atoms with Crippen LogP contribution in [0.1, 0.15) is 10.4 Å². The van der Waals surface area contributed by atoms with Crippen molar-refractivity contribution in [2.75, 3.05) is 26.2 Å². The van der Waals surface area contributed by atoms with Gasteiger partial charge in [-0.25, -0.2) is 5.01 Å². The number of amides is 1. The van der Waals surface area contributed by atoms with Crippen molar-refractivity contribution < 1.29 is 4.79 Å². The van der Waals surface area contributed by atoms with Gasteiger partial charge in [0.2, 0.25) is 0 Å². The van der Waals surface area contributed by atoms with E-state index >= 15 is 0 Å². The minimum atomic E-state index is 0.0962. The molecule has 2 aromatic carbocycles. The molecule has 1 fully saturated rings. The maximum atomic E-state index is 12.4. The van der Waals surface area contributed by atoms with Crippen LogP contribution in [0.25, 0.3) is 10.8 Å². The van der Waals surface area contributed by atoms with Crippen LogP contribution in [0.5, 0.6) is 0 Å². The number of fused-ring (bicyclic) bond motifs is 1. The van der Waals surface area contributed by atoms with Crippen LogP contribution in [-0.2, 0) is 0 Å². The first kappa shape index (κ1) is 12.1. The summed E-state index contributed by atoms with van der Waals surface area (Å²) in [4.78, 5) is 14.3. The van der Waals surface area contributed by atoms with Crippen molar-refractivity contribution in [1.82, 2.24) is 9.91 Å². The molecular weight excluding hydrogens is 238 g/mol. The van der Waals surface area contributed by atoms with Gasteiger partial charge in [-0.15, -0.1) is 0 Å². The van der Waals surface area contributed by atoms with Gasteiger partial charge in [0.15, 0.2) is 0 Å². The van der Waals surface area contributed by atoms with Crippen LogP contribution in [0.15, 0.2) is 42.5 Å². The van der Waals surface area contributed by atoms with Gasteiger partial charge >= 0.3 is 0 Å². The molecular formula is C15H17N3O. The summed E-state index contributed by atoms with van der Waals surface area (Å²) in [6.07, 6.45) is 0. The largest absolute Gasteiger partial charge is 0.336 e. The molecule has 0 saturated carbocycles. The summed E-state index contributed by atoms with van der Waals surface area (Å²) in [5.41, 5.74) is 0.754. The van der Waals surface area contributed by atoms with E-state index in [4.69, 9.17) is 5.84 Å². The number of benzene rings is 2. The zero-order chi connectivity index (χ0) is 13.2. The SMILES string of the molecule is NN1CCN(C(=O)c2ccc3ccccc3c2)CC1. The average Bonchev–Trinajstić information content (AvgIpc) is 2.47. The number of nitrogens with zero attached hydrogens (tertiary/aromatic N) is 2. The van der Waals surface area contributed by atoms with Crippen molar-refractivity contribution in [3.63, 3.8) is 0 Å². The van der Waals surface area contributed by atoms with Crippen molar-refractivity contribution in [3.05, 3.63) is 48.0 Å². The number of hydrogen-bond donors (Lipinski definition) is 1. The van der Waals surface area contributed by atoms with Gasteiger partial charge in [-0.05, 0) is 22.9 Å². The molecule has 3 rings (SSSR count). The highest BCUT2D eigenvalue weighted by atomic mass is 16.2. The molecule has 0 unspecified atom stereocenters. The Balaban J connectivity index is 1.85. The van der Waals surface area contributed by atoms with Crippen molar-refractivity contribution in [2.45, 2.75) is 0 Å². The van der Waals surface area contributed by atoms with Gasteiger partial charge in [0.25, 0.3) is 5.91 Å². The predicted octanol–water partition coefficient (Wildman–Crippen LogP) is 1.47. The summed E-state index contributed by atoms with van der Waals surface area (Å²) >= 11 is 0. The first-order chi connectivity index (χ1) is 9.24. The highest BCUT2D eigenvalue weighted by Gasteiger charge is 2.20. The first-order valence-corrected chi connectivity index (χ1v) is 6.52. The normalized spacial score (nSPS) is 16.8. The van der Waals surface area contributed by atoms with E-state index in [1.54, 1.807) is 5.01 Å². The number of rotatable bonds is 1. The highest BCUT2D eigenvalue weighted by Crippen LogP contribution is 2.17. The van der Waals surface area contributed by atoms with Gasteiger partial charge in [-0.3, -0.25) is 10.6 Å². The lowest BCUT2D eigenvalue weighted by atomic mass is 10.1. The Bertz CT molecular complexity index is 603. The van der Waals surface area contributed by atoms with Gasteiger partial charge in [0, 0.05) is 31.7 Å². The smallest absolute Gasteiger partial charge is 0.253 e. The zero-order valence-electron chi connectivity index (χ0n) is 10.7. The Kier molecular flexibility index (Phi) is 3.19. The Labute approximate surface area is 112 Å². The quantitative estimate of drug-likeness (QED) is 0.785. The summed E-state index contributed by atoms with van der Waals surface area (Å²) < 4.78 is 0. The van der Waals surface area contributed by atoms with E-state index in [1.807, 2.05) is 41.3 Å². The van der Waals surface area contributed by atoms with Gasteiger partial charge in [-0.2, -0.15) is 0 Å². The molecule has 4 nitrogen and oxygen atoms in total. The van der Waals surface area contributed by atoms with Crippen LogP contribution < -0.4 is 5.84 Å². The number of piperazine rings is 1. The molecule has 1 aliphatic heterocycles. The lowest BCUT2D eigenvalue weighted by molar-refractivity contribution is 0.0638. The second kappa shape index (κ2) is 4.99. The van der Waals surface area contributed by atoms with Gasteiger partial charge in [0.1, 0.15) is 0 Å². The van der Waals surface area contributed by atoms with Crippen LogP contribution in [0.3, 0.4) is 0 Å². The Morgan fingerprint density at radius 1 is 0.947 bits per heavy atom. The molecule has 0 aromatic heterocycles. The minimum Gasteiger partial charge on any atom is -0.336 e. The number of hydrazine groups is 1. The number of carbonyl (C=O) groups excluding carboxylic acids is 1. The molecule has 4 heteroatoms. The summed E-state index contributed by atoms with van der Waals surface area (Å²) in [6.45, 7) is 2.86. The second-order valence-corrected chi connectivity index (χ2v) is 4.89. The molecule has 0 atom stereocenters. The summed E-state index contributed by atoms with van der Waals surface area (Å²) in [7, 11) is 0. The molecule has 1 amide bonds. The third-order valence-electron chi connectivity index (χ3n) is 3.60. The monoisotopic (exact) mass is 255 g/mol. The summed E-state index contributed by atoms with van der Waals surface area (Å²) in [6, 6.07) is 13.9. The van der Waals surface area contributed by atoms with Crippen LogP contribution in [-0.4, -0.2) is 42.0 Å². The molecule has 1 saturated heterocycles. The maximum Gasteiger partial charge on any atom is 0.253 e. The summed E-state index contributed by atoms with van der Waals surface area (Å²) in [5.74, 6) is 5.80. The lowest BCUT2D eigenvalue weighted by Crippen LogP contribution is -2.51. The molecule has 0 aliphatic carbocycles. The van der Waals surface area contributed by atoms with Crippen molar-refractivity contribution in [3.8, 4) is 0 Å². The fraction of sp³-hybridized carbons (Fsp3) is 0.267. The molecule has 1 heterocycles. The lowest BCUT2D eigenvalue weighted by Gasteiger charge is -2.32. The third-order valence-corrected chi connectivity index (χ3v) is 3.60. The standard InChI is InChI=1S/C15H17N3O/c16-18-9-7-17(8-10-18)15(19)14-6-5-12-3-1-2-4-13(12)11-14/h1-6,11H,7-10,16H2. The van der Waals surface area contributed by atoms with Gasteiger partial charge < -0.3 is 4.90 Å². The fourth-order valence-electron chi connectivity index (χ4n) is 2.43. The van der Waals surface area contributed by atoms with Crippen molar-refractivity contribution in [2.24, 2.45) is 5.84 Å². The third kappa shape index (κ3) is 2.45. The van der Waals surface area contributed by atoms with Crippen LogP contribution in [0, 0.1) is 0 Å². The molecule has 2 N–H and O–H groups in total. The number of carbonyl (C=O) groups is 1. The minimum absolute atomic E-state index is 0.0962. The first-order valence-electron chi connectivity index (χ1n) is 6.52. The number of nitrogens with two attached hydrogens (primary N) is 1. The number of hydrogen-bond acceptors (Lipinski definition) is 3. The van der Waals surface area contributed by atoms with E-state index in [9.17, 15) is 4.79 Å². The van der Waals surface area contributed by atoms with Crippen molar-refractivity contribution in [1.29, 1.82) is 0 Å². The zero-order valence-corrected chi connectivity index (χ0v) is 10.7. The van der Waals surface area contributed by atoms with E-state index in [1.165, 1.54) is 0 Å². The molecule has 2 aromatic rings. The van der Waals surface area contributed by atoms with Gasteiger partial charge in [-0.1, -0.05) is 30.3 Å². The van der Waals surface area contributed by atoms with Crippen molar-refractivity contribution >= 4 is 16.7 Å². The second-order valence-electron chi connectivity index (χ2n) is 4.89. The summed E-state index contributed by atoms with van der Waals surface area (Å²) in [5, 5.41) is 4.01. The van der Waals surface area contributed by atoms with E-state index in [-0.39, 0.29) is 5.91 Å². The molecule has 19 heavy (non-hydrogen) atoms. The van der Waals surface area contributed by atoms with Crippen LogP contribution >= 0.6 is 0 Å². The van der Waals surface area contributed by atoms with E-state index in [2.05, 4.69) is 6.07 Å². The van der Waals surface area contributed by atoms with Gasteiger partial charge in [0.05, 0.1) is 0 Å². The average molecular weight is 255 g/mol.